The lowest BCUT2D eigenvalue weighted by atomic mass is 10.1. The summed E-state index contributed by atoms with van der Waals surface area (Å²) < 4.78 is 26.5. The molecule has 0 aromatic heterocycles. The van der Waals surface area contributed by atoms with Crippen molar-refractivity contribution >= 4 is 37.6 Å². The molecule has 1 saturated heterocycles. The second kappa shape index (κ2) is 10.8. The molecule has 3 N–H and O–H groups in total. The quantitative estimate of drug-likeness (QED) is 0.493. The van der Waals surface area contributed by atoms with Crippen LogP contribution >= 0.6 is 15.9 Å². The van der Waals surface area contributed by atoms with Crippen molar-refractivity contribution in [1.29, 1.82) is 0 Å². The summed E-state index contributed by atoms with van der Waals surface area (Å²) in [6, 6.07) is 14.9. The van der Waals surface area contributed by atoms with E-state index in [0.717, 1.165) is 10.0 Å². The van der Waals surface area contributed by atoms with Gasteiger partial charge in [0.2, 0.25) is 0 Å². The Balaban J connectivity index is 1.55. The first-order valence-corrected chi connectivity index (χ1v) is 12.9. The van der Waals surface area contributed by atoms with Gasteiger partial charge in [0, 0.05) is 17.6 Å². The molecule has 0 bridgehead atoms. The van der Waals surface area contributed by atoms with E-state index < -0.39 is 45.2 Å². The molecule has 33 heavy (non-hydrogen) atoms. The summed E-state index contributed by atoms with van der Waals surface area (Å²) in [7, 11) is -3.52. The van der Waals surface area contributed by atoms with Gasteiger partial charge in [-0.2, -0.15) is 0 Å². The number of amides is 2. The van der Waals surface area contributed by atoms with Gasteiger partial charge in [-0.1, -0.05) is 46.3 Å². The molecule has 2 aromatic rings. The lowest BCUT2D eigenvalue weighted by Crippen LogP contribution is -2.53. The van der Waals surface area contributed by atoms with Crippen LogP contribution in [0.4, 0.5) is 0 Å². The molecule has 2 aromatic carbocycles. The first-order valence-electron chi connectivity index (χ1n) is 10.6. The molecule has 1 aliphatic rings. The number of sulfone groups is 1. The minimum absolute atomic E-state index is 0.107. The van der Waals surface area contributed by atoms with Crippen molar-refractivity contribution in [3.8, 4) is 0 Å². The number of hydrogen-bond donors (Lipinski definition) is 3. The molecule has 0 spiro atoms. The molecule has 0 saturated carbocycles. The number of halogens is 1. The summed E-state index contributed by atoms with van der Waals surface area (Å²) >= 11 is 3.33. The standard InChI is InChI=1S/C23H27BrN2O6S/c1-15(16-7-9-17(24)10-8-16)25-22(29)20(27)21(28)23(30)26-13-11-19(12-14-26)33(31,32)18-5-3-2-4-6-18/h2-10,15,19-21,27-28H,11-14H2,1H3,(H,25,29)/t15?,20-,21-/m1/s1. The Kier molecular flexibility index (Phi) is 8.28. The number of carbonyl (C=O) groups excluding carboxylic acids is 2. The van der Waals surface area contributed by atoms with Crippen LogP contribution in [0.2, 0.25) is 0 Å². The number of hydrogen-bond acceptors (Lipinski definition) is 6. The SMILES string of the molecule is CC(NC(=O)[C@H](O)[C@@H](O)C(=O)N1CCC(S(=O)(=O)c2ccccc2)CC1)c1ccc(Br)cc1. The zero-order valence-corrected chi connectivity index (χ0v) is 20.5. The van der Waals surface area contributed by atoms with Crippen LogP contribution in [0.5, 0.6) is 0 Å². The van der Waals surface area contributed by atoms with Crippen LogP contribution in [0.1, 0.15) is 31.4 Å². The van der Waals surface area contributed by atoms with Crippen LogP contribution in [0.25, 0.3) is 0 Å². The monoisotopic (exact) mass is 538 g/mol. The predicted octanol–water partition coefficient (Wildman–Crippen LogP) is 1.81. The third kappa shape index (κ3) is 6.00. The molecule has 0 aliphatic carbocycles. The number of aliphatic hydroxyl groups excluding tert-OH is 2. The Hall–Kier alpha value is -2.27. The fourth-order valence-electron chi connectivity index (χ4n) is 3.79. The lowest BCUT2D eigenvalue weighted by Gasteiger charge is -2.33. The first-order chi connectivity index (χ1) is 15.6. The number of likely N-dealkylation sites (tertiary alicyclic amines) is 1. The second-order valence-corrected chi connectivity index (χ2v) is 11.2. The molecule has 1 aliphatic heterocycles. The molecule has 8 nitrogen and oxygen atoms in total. The maximum absolute atomic E-state index is 12.8. The molecule has 1 fully saturated rings. The van der Waals surface area contributed by atoms with Gasteiger partial charge in [0.05, 0.1) is 16.2 Å². The number of nitrogens with one attached hydrogen (secondary N) is 1. The van der Waals surface area contributed by atoms with E-state index in [2.05, 4.69) is 21.2 Å². The van der Waals surface area contributed by atoms with Crippen molar-refractivity contribution in [2.45, 2.75) is 48.2 Å². The average Bonchev–Trinajstić information content (AvgIpc) is 2.83. The highest BCUT2D eigenvalue weighted by Crippen LogP contribution is 2.25. The minimum Gasteiger partial charge on any atom is -0.380 e. The van der Waals surface area contributed by atoms with Crippen molar-refractivity contribution in [1.82, 2.24) is 10.2 Å². The first kappa shape index (κ1) is 25.4. The molecular formula is C23H27BrN2O6S. The Labute approximate surface area is 201 Å². The number of benzene rings is 2. The fourth-order valence-corrected chi connectivity index (χ4v) is 5.81. The topological polar surface area (TPSA) is 124 Å². The summed E-state index contributed by atoms with van der Waals surface area (Å²) in [6.07, 6.45) is -3.47. The lowest BCUT2D eigenvalue weighted by molar-refractivity contribution is -0.154. The number of piperidine rings is 1. The van der Waals surface area contributed by atoms with Gasteiger partial charge in [-0.25, -0.2) is 8.42 Å². The molecular weight excluding hydrogens is 512 g/mol. The Morgan fingerprint density at radius 3 is 2.15 bits per heavy atom. The van der Waals surface area contributed by atoms with Gasteiger partial charge in [0.15, 0.2) is 22.0 Å². The molecule has 1 heterocycles. The van der Waals surface area contributed by atoms with Crippen LogP contribution in [0, 0.1) is 0 Å². The van der Waals surface area contributed by atoms with Gasteiger partial charge in [-0.05, 0) is 49.6 Å². The molecule has 178 valence electrons. The second-order valence-electron chi connectivity index (χ2n) is 8.05. The van der Waals surface area contributed by atoms with Crippen LogP contribution in [0.3, 0.4) is 0 Å². The maximum Gasteiger partial charge on any atom is 0.254 e. The van der Waals surface area contributed by atoms with E-state index in [-0.39, 0.29) is 30.8 Å². The summed E-state index contributed by atoms with van der Waals surface area (Å²) in [5.41, 5.74) is 0.793. The number of aliphatic hydroxyl groups is 2. The molecule has 1 unspecified atom stereocenters. The van der Waals surface area contributed by atoms with E-state index in [1.165, 1.54) is 4.90 Å². The predicted molar refractivity (Wildman–Crippen MR) is 126 cm³/mol. The van der Waals surface area contributed by atoms with Gasteiger partial charge in [-0.15, -0.1) is 0 Å². The molecule has 3 rings (SSSR count). The molecule has 3 atom stereocenters. The van der Waals surface area contributed by atoms with Crippen molar-refractivity contribution in [2.75, 3.05) is 13.1 Å². The van der Waals surface area contributed by atoms with Gasteiger partial charge < -0.3 is 20.4 Å². The van der Waals surface area contributed by atoms with Crippen LogP contribution < -0.4 is 5.32 Å². The van der Waals surface area contributed by atoms with E-state index in [0.29, 0.717) is 0 Å². The normalized spacial score (nSPS) is 17.8. The van der Waals surface area contributed by atoms with E-state index in [4.69, 9.17) is 0 Å². The zero-order chi connectivity index (χ0) is 24.2. The Morgan fingerprint density at radius 2 is 1.58 bits per heavy atom. The number of carbonyl (C=O) groups is 2. The van der Waals surface area contributed by atoms with E-state index in [1.54, 1.807) is 49.4 Å². The summed E-state index contributed by atoms with van der Waals surface area (Å²) in [5, 5.41) is 22.5. The molecule has 10 heteroatoms. The highest BCUT2D eigenvalue weighted by Gasteiger charge is 2.38. The Bertz CT molecular complexity index is 1070. The largest absolute Gasteiger partial charge is 0.380 e. The van der Waals surface area contributed by atoms with Gasteiger partial charge in [-0.3, -0.25) is 9.59 Å². The van der Waals surface area contributed by atoms with E-state index in [9.17, 15) is 28.2 Å². The average molecular weight is 539 g/mol. The molecule has 2 amide bonds. The number of nitrogens with zero attached hydrogens (tertiary/aromatic N) is 1. The third-order valence-corrected chi connectivity index (χ3v) is 8.62. The van der Waals surface area contributed by atoms with Gasteiger partial charge >= 0.3 is 0 Å². The van der Waals surface area contributed by atoms with E-state index >= 15 is 0 Å². The highest BCUT2D eigenvalue weighted by atomic mass is 79.9. The van der Waals surface area contributed by atoms with Crippen molar-refractivity contribution in [3.05, 3.63) is 64.6 Å². The summed E-state index contributed by atoms with van der Waals surface area (Å²) in [5.74, 6) is -1.67. The summed E-state index contributed by atoms with van der Waals surface area (Å²) in [6.45, 7) is 1.94. The summed E-state index contributed by atoms with van der Waals surface area (Å²) in [4.78, 5) is 26.6. The van der Waals surface area contributed by atoms with Crippen LogP contribution in [-0.2, 0) is 19.4 Å². The van der Waals surface area contributed by atoms with Gasteiger partial charge in [0.1, 0.15) is 0 Å². The fraction of sp³-hybridized carbons (Fsp3) is 0.391. The van der Waals surface area contributed by atoms with Crippen molar-refractivity contribution in [3.63, 3.8) is 0 Å². The molecule has 0 radical (unpaired) electrons. The third-order valence-electron chi connectivity index (χ3n) is 5.81. The van der Waals surface area contributed by atoms with Gasteiger partial charge in [0.25, 0.3) is 11.8 Å². The highest BCUT2D eigenvalue weighted by molar-refractivity contribution is 9.10. The Morgan fingerprint density at radius 1 is 1.00 bits per heavy atom. The van der Waals surface area contributed by atoms with Crippen molar-refractivity contribution < 1.29 is 28.2 Å². The van der Waals surface area contributed by atoms with Crippen LogP contribution in [0.15, 0.2) is 64.0 Å². The maximum atomic E-state index is 12.8. The minimum atomic E-state index is -3.52. The number of rotatable bonds is 7. The zero-order valence-electron chi connectivity index (χ0n) is 18.1. The van der Waals surface area contributed by atoms with E-state index in [1.807, 2.05) is 12.1 Å². The van der Waals surface area contributed by atoms with Crippen LogP contribution in [-0.4, -0.2) is 65.9 Å². The van der Waals surface area contributed by atoms with Crippen molar-refractivity contribution in [2.24, 2.45) is 0 Å². The smallest absolute Gasteiger partial charge is 0.254 e.